The third kappa shape index (κ3) is 4.11. The standard InChI is InChI=1S/C12H12ClF3N2O/c13-10-4-3-8(5-9(10)12(14,15)16)18-11(19)6-17-7-1-2-7/h3-5,7,17H,1-2,6H2,(H,18,19). The van der Waals surface area contributed by atoms with Crippen LogP contribution in [0.5, 0.6) is 0 Å². The molecule has 0 aromatic heterocycles. The van der Waals surface area contributed by atoms with Gasteiger partial charge in [0, 0.05) is 11.7 Å². The minimum Gasteiger partial charge on any atom is -0.325 e. The van der Waals surface area contributed by atoms with E-state index in [2.05, 4.69) is 10.6 Å². The van der Waals surface area contributed by atoms with E-state index in [1.54, 1.807) is 0 Å². The lowest BCUT2D eigenvalue weighted by atomic mass is 10.2. The average Bonchev–Trinajstić information content (AvgIpc) is 3.11. The molecule has 0 atom stereocenters. The Balaban J connectivity index is 2.01. The van der Waals surface area contributed by atoms with Crippen molar-refractivity contribution in [2.75, 3.05) is 11.9 Å². The highest BCUT2D eigenvalue weighted by molar-refractivity contribution is 6.31. The molecule has 2 N–H and O–H groups in total. The third-order valence-corrected chi connectivity index (χ3v) is 3.01. The van der Waals surface area contributed by atoms with Gasteiger partial charge < -0.3 is 10.6 Å². The molecule has 0 bridgehead atoms. The Morgan fingerprint density at radius 2 is 2.05 bits per heavy atom. The number of rotatable bonds is 4. The average molecular weight is 293 g/mol. The summed E-state index contributed by atoms with van der Waals surface area (Å²) in [5, 5.41) is 4.99. The molecule has 1 aromatic carbocycles. The van der Waals surface area contributed by atoms with E-state index in [9.17, 15) is 18.0 Å². The fourth-order valence-electron chi connectivity index (χ4n) is 1.55. The van der Waals surface area contributed by atoms with Crippen molar-refractivity contribution in [3.8, 4) is 0 Å². The summed E-state index contributed by atoms with van der Waals surface area (Å²) in [6, 6.07) is 3.65. The molecule has 0 spiro atoms. The Morgan fingerprint density at radius 3 is 2.63 bits per heavy atom. The monoisotopic (exact) mass is 292 g/mol. The van der Waals surface area contributed by atoms with Gasteiger partial charge in [0.05, 0.1) is 17.1 Å². The second-order valence-corrected chi connectivity index (χ2v) is 4.80. The molecule has 1 aromatic rings. The van der Waals surface area contributed by atoms with E-state index < -0.39 is 11.7 Å². The lowest BCUT2D eigenvalue weighted by Crippen LogP contribution is -2.29. The van der Waals surface area contributed by atoms with Crippen molar-refractivity contribution in [2.24, 2.45) is 0 Å². The van der Waals surface area contributed by atoms with E-state index in [0.717, 1.165) is 25.0 Å². The molecule has 0 saturated heterocycles. The fourth-order valence-corrected chi connectivity index (χ4v) is 1.77. The van der Waals surface area contributed by atoms with Crippen LogP contribution in [-0.4, -0.2) is 18.5 Å². The van der Waals surface area contributed by atoms with Crippen molar-refractivity contribution < 1.29 is 18.0 Å². The number of carbonyl (C=O) groups excluding carboxylic acids is 1. The van der Waals surface area contributed by atoms with Crippen LogP contribution in [0.2, 0.25) is 5.02 Å². The van der Waals surface area contributed by atoms with Crippen molar-refractivity contribution in [1.82, 2.24) is 5.32 Å². The number of carbonyl (C=O) groups is 1. The summed E-state index contributed by atoms with van der Waals surface area (Å²) in [6.45, 7) is 0.0919. The van der Waals surface area contributed by atoms with E-state index in [4.69, 9.17) is 11.6 Å². The maximum absolute atomic E-state index is 12.6. The van der Waals surface area contributed by atoms with Crippen LogP contribution < -0.4 is 10.6 Å². The summed E-state index contributed by atoms with van der Waals surface area (Å²) in [4.78, 5) is 11.5. The van der Waals surface area contributed by atoms with Crippen molar-refractivity contribution in [3.05, 3.63) is 28.8 Å². The Labute approximate surface area is 113 Å². The van der Waals surface area contributed by atoms with E-state index in [0.29, 0.717) is 6.04 Å². The molecule has 0 radical (unpaired) electrons. The van der Waals surface area contributed by atoms with Crippen LogP contribution in [0.15, 0.2) is 18.2 Å². The molecular weight excluding hydrogens is 281 g/mol. The second kappa shape index (κ2) is 5.38. The van der Waals surface area contributed by atoms with Gasteiger partial charge in [-0.3, -0.25) is 4.79 Å². The highest BCUT2D eigenvalue weighted by Crippen LogP contribution is 2.36. The Hall–Kier alpha value is -1.27. The molecular formula is C12H12ClF3N2O. The van der Waals surface area contributed by atoms with Crippen molar-refractivity contribution >= 4 is 23.2 Å². The number of benzene rings is 1. The van der Waals surface area contributed by atoms with Crippen molar-refractivity contribution in [2.45, 2.75) is 25.1 Å². The van der Waals surface area contributed by atoms with Gasteiger partial charge in [-0.15, -0.1) is 0 Å². The van der Waals surface area contributed by atoms with Crippen LogP contribution in [0.4, 0.5) is 18.9 Å². The van der Waals surface area contributed by atoms with Crippen molar-refractivity contribution in [3.63, 3.8) is 0 Å². The van der Waals surface area contributed by atoms with Gasteiger partial charge in [0.1, 0.15) is 0 Å². The van der Waals surface area contributed by atoms with Gasteiger partial charge in [0.2, 0.25) is 5.91 Å². The van der Waals surface area contributed by atoms with Gasteiger partial charge in [-0.25, -0.2) is 0 Å². The minimum atomic E-state index is -4.54. The molecule has 1 fully saturated rings. The molecule has 1 saturated carbocycles. The zero-order valence-corrected chi connectivity index (χ0v) is 10.6. The molecule has 0 heterocycles. The number of alkyl halides is 3. The van der Waals surface area contributed by atoms with Gasteiger partial charge in [-0.1, -0.05) is 11.6 Å². The van der Waals surface area contributed by atoms with Gasteiger partial charge in [-0.2, -0.15) is 13.2 Å². The summed E-state index contributed by atoms with van der Waals surface area (Å²) in [7, 11) is 0. The first-order chi connectivity index (χ1) is 8.86. The summed E-state index contributed by atoms with van der Waals surface area (Å²) in [5.41, 5.74) is -0.874. The molecule has 19 heavy (non-hydrogen) atoms. The van der Waals surface area contributed by atoms with Gasteiger partial charge >= 0.3 is 6.18 Å². The minimum absolute atomic E-state index is 0.0827. The summed E-state index contributed by atoms with van der Waals surface area (Å²) in [6.07, 6.45) is -2.47. The summed E-state index contributed by atoms with van der Waals surface area (Å²) >= 11 is 5.48. The van der Waals surface area contributed by atoms with E-state index in [1.807, 2.05) is 0 Å². The second-order valence-electron chi connectivity index (χ2n) is 4.40. The number of hydrogen-bond donors (Lipinski definition) is 2. The van der Waals surface area contributed by atoms with Crippen LogP contribution in [0, 0.1) is 0 Å². The van der Waals surface area contributed by atoms with Gasteiger partial charge in [-0.05, 0) is 31.0 Å². The normalized spacial score (nSPS) is 15.4. The number of amides is 1. The Bertz CT molecular complexity index is 486. The molecule has 0 unspecified atom stereocenters. The molecule has 1 amide bonds. The zero-order chi connectivity index (χ0) is 14.0. The van der Waals surface area contributed by atoms with Crippen LogP contribution >= 0.6 is 11.6 Å². The fraction of sp³-hybridized carbons (Fsp3) is 0.417. The van der Waals surface area contributed by atoms with E-state index >= 15 is 0 Å². The molecule has 7 heteroatoms. The van der Waals surface area contributed by atoms with Crippen molar-refractivity contribution in [1.29, 1.82) is 0 Å². The van der Waals surface area contributed by atoms with Crippen LogP contribution in [-0.2, 0) is 11.0 Å². The SMILES string of the molecule is O=C(CNC1CC1)Nc1ccc(Cl)c(C(F)(F)F)c1. The molecule has 104 valence electrons. The van der Waals surface area contributed by atoms with Gasteiger partial charge in [0.15, 0.2) is 0 Å². The van der Waals surface area contributed by atoms with Crippen LogP contribution in [0.3, 0.4) is 0 Å². The quantitative estimate of drug-likeness (QED) is 0.895. The van der Waals surface area contributed by atoms with E-state index in [-0.39, 0.29) is 23.2 Å². The predicted molar refractivity (Wildman–Crippen MR) is 66.1 cm³/mol. The number of nitrogens with one attached hydrogen (secondary N) is 2. The summed E-state index contributed by atoms with van der Waals surface area (Å²) in [5.74, 6) is -0.373. The largest absolute Gasteiger partial charge is 0.417 e. The first-order valence-corrected chi connectivity index (χ1v) is 6.14. The zero-order valence-electron chi connectivity index (χ0n) is 9.85. The van der Waals surface area contributed by atoms with Gasteiger partial charge in [0.25, 0.3) is 0 Å². The lowest BCUT2D eigenvalue weighted by molar-refractivity contribution is -0.137. The Morgan fingerprint density at radius 1 is 1.37 bits per heavy atom. The van der Waals surface area contributed by atoms with E-state index in [1.165, 1.54) is 6.07 Å². The summed E-state index contributed by atoms with van der Waals surface area (Å²) < 4.78 is 37.9. The molecule has 1 aliphatic carbocycles. The highest BCUT2D eigenvalue weighted by atomic mass is 35.5. The Kier molecular flexibility index (Phi) is 4.01. The highest BCUT2D eigenvalue weighted by Gasteiger charge is 2.33. The predicted octanol–water partition coefficient (Wildman–Crippen LogP) is 3.05. The maximum atomic E-state index is 12.6. The molecule has 2 rings (SSSR count). The molecule has 3 nitrogen and oxygen atoms in total. The number of halogens is 4. The first-order valence-electron chi connectivity index (χ1n) is 5.76. The molecule has 1 aliphatic rings. The number of anilines is 1. The van der Waals surface area contributed by atoms with Crippen LogP contribution in [0.25, 0.3) is 0 Å². The molecule has 0 aliphatic heterocycles. The first kappa shape index (κ1) is 14.1. The maximum Gasteiger partial charge on any atom is 0.417 e. The number of hydrogen-bond acceptors (Lipinski definition) is 2. The smallest absolute Gasteiger partial charge is 0.325 e. The lowest BCUT2D eigenvalue weighted by Gasteiger charge is -2.12. The van der Waals surface area contributed by atoms with Crippen LogP contribution in [0.1, 0.15) is 18.4 Å². The third-order valence-electron chi connectivity index (χ3n) is 2.68. The topological polar surface area (TPSA) is 41.1 Å².